The molecule has 0 aliphatic rings. The summed E-state index contributed by atoms with van der Waals surface area (Å²) in [6.45, 7) is 2.52. The number of rotatable bonds is 5. The van der Waals surface area contributed by atoms with Crippen molar-refractivity contribution >= 4 is 15.7 Å². The second-order valence-electron chi connectivity index (χ2n) is 3.64. The molecule has 0 atom stereocenters. The van der Waals surface area contributed by atoms with E-state index in [9.17, 15) is 8.42 Å². The minimum absolute atomic E-state index is 0.358. The maximum atomic E-state index is 11.6. The Bertz CT molecular complexity index is 485. The molecule has 0 saturated heterocycles. The summed E-state index contributed by atoms with van der Waals surface area (Å²) in [5.74, 6) is 0.514. The summed E-state index contributed by atoms with van der Waals surface area (Å²) in [7, 11) is -1.79. The van der Waals surface area contributed by atoms with Gasteiger partial charge in [-0.3, -0.25) is 4.31 Å². The number of hydrogen-bond donors (Lipinski definition) is 1. The van der Waals surface area contributed by atoms with Crippen LogP contribution < -0.4 is 14.8 Å². The van der Waals surface area contributed by atoms with Crippen LogP contribution in [0.25, 0.3) is 0 Å². The lowest BCUT2D eigenvalue weighted by Crippen LogP contribution is -2.29. The second kappa shape index (κ2) is 5.37. The van der Waals surface area contributed by atoms with Gasteiger partial charge in [0, 0.05) is 13.1 Å². The zero-order valence-electron chi connectivity index (χ0n) is 10.3. The van der Waals surface area contributed by atoms with Crippen molar-refractivity contribution in [2.24, 2.45) is 5.73 Å². The van der Waals surface area contributed by atoms with E-state index in [1.807, 2.05) is 0 Å². The highest BCUT2D eigenvalue weighted by molar-refractivity contribution is 7.92. The Morgan fingerprint density at radius 3 is 2.47 bits per heavy atom. The number of nitrogens with zero attached hydrogens (tertiary/aromatic N) is 1. The fourth-order valence-corrected chi connectivity index (χ4v) is 2.62. The molecule has 6 heteroatoms. The van der Waals surface area contributed by atoms with Crippen molar-refractivity contribution in [3.63, 3.8) is 0 Å². The number of nitrogens with two attached hydrogens (primary N) is 1. The molecule has 0 saturated carbocycles. The third-order valence-corrected chi connectivity index (χ3v) is 3.69. The van der Waals surface area contributed by atoms with Crippen LogP contribution in [0.5, 0.6) is 5.75 Å². The molecule has 1 rings (SSSR count). The first kappa shape index (κ1) is 13.8. The number of ether oxygens (including phenoxy) is 1. The predicted molar refractivity (Wildman–Crippen MR) is 68.7 cm³/mol. The molecule has 5 nitrogen and oxygen atoms in total. The summed E-state index contributed by atoms with van der Waals surface area (Å²) >= 11 is 0. The number of sulfonamides is 1. The van der Waals surface area contributed by atoms with Crippen LogP contribution in [-0.4, -0.2) is 28.3 Å². The van der Waals surface area contributed by atoms with Gasteiger partial charge < -0.3 is 10.5 Å². The average Bonchev–Trinajstić information content (AvgIpc) is 2.28. The molecule has 0 fully saturated rings. The molecular formula is C11H18N2O3S. The standard InChI is InChI=1S/C11H18N2O3S/c1-4-13(17(3,14)15)10-6-5-9(8-12)7-11(10)16-2/h5-7H,4,8,12H2,1-3H3. The van der Waals surface area contributed by atoms with Crippen LogP contribution in [0.4, 0.5) is 5.69 Å². The molecule has 1 aromatic carbocycles. The lowest BCUT2D eigenvalue weighted by molar-refractivity contribution is 0.415. The Labute approximate surface area is 102 Å². The van der Waals surface area contributed by atoms with E-state index in [-0.39, 0.29) is 0 Å². The highest BCUT2D eigenvalue weighted by Crippen LogP contribution is 2.30. The number of methoxy groups -OCH3 is 1. The summed E-state index contributed by atoms with van der Waals surface area (Å²) in [6.07, 6.45) is 1.17. The maximum absolute atomic E-state index is 11.6. The molecular weight excluding hydrogens is 240 g/mol. The third kappa shape index (κ3) is 3.10. The Balaban J connectivity index is 3.29. The SMILES string of the molecule is CCN(c1ccc(CN)cc1OC)S(C)(=O)=O. The smallest absolute Gasteiger partial charge is 0.232 e. The Kier molecular flexibility index (Phi) is 4.36. The van der Waals surface area contributed by atoms with Crippen molar-refractivity contribution in [2.45, 2.75) is 13.5 Å². The molecule has 2 N–H and O–H groups in total. The van der Waals surface area contributed by atoms with Crippen LogP contribution in [0, 0.1) is 0 Å². The summed E-state index contributed by atoms with van der Waals surface area (Å²) in [6, 6.07) is 5.26. The number of hydrogen-bond acceptors (Lipinski definition) is 4. The fraction of sp³-hybridized carbons (Fsp3) is 0.455. The molecule has 0 aliphatic heterocycles. The summed E-state index contributed by atoms with van der Waals surface area (Å²) < 4.78 is 29.8. The first-order valence-electron chi connectivity index (χ1n) is 5.28. The first-order chi connectivity index (χ1) is 7.93. The van der Waals surface area contributed by atoms with Gasteiger partial charge in [0.05, 0.1) is 19.1 Å². The van der Waals surface area contributed by atoms with Crippen molar-refractivity contribution in [2.75, 3.05) is 24.2 Å². The van der Waals surface area contributed by atoms with Gasteiger partial charge in [-0.15, -0.1) is 0 Å². The summed E-state index contributed by atoms with van der Waals surface area (Å²) in [4.78, 5) is 0. The molecule has 0 unspecified atom stereocenters. The van der Waals surface area contributed by atoms with Crippen molar-refractivity contribution < 1.29 is 13.2 Å². The van der Waals surface area contributed by atoms with Crippen molar-refractivity contribution in [1.29, 1.82) is 0 Å². The highest BCUT2D eigenvalue weighted by Gasteiger charge is 2.19. The zero-order valence-corrected chi connectivity index (χ0v) is 11.1. The normalized spacial score (nSPS) is 11.3. The van der Waals surface area contributed by atoms with E-state index in [1.54, 1.807) is 25.1 Å². The maximum Gasteiger partial charge on any atom is 0.232 e. The minimum atomic E-state index is -3.30. The average molecular weight is 258 g/mol. The molecule has 0 aromatic heterocycles. The van der Waals surface area contributed by atoms with Gasteiger partial charge in [0.1, 0.15) is 5.75 Å². The molecule has 0 radical (unpaired) electrons. The van der Waals surface area contributed by atoms with Gasteiger partial charge in [-0.05, 0) is 24.6 Å². The lowest BCUT2D eigenvalue weighted by atomic mass is 10.2. The van der Waals surface area contributed by atoms with E-state index in [0.29, 0.717) is 24.5 Å². The van der Waals surface area contributed by atoms with Gasteiger partial charge >= 0.3 is 0 Å². The minimum Gasteiger partial charge on any atom is -0.495 e. The zero-order chi connectivity index (χ0) is 13.1. The van der Waals surface area contributed by atoms with Crippen LogP contribution in [0.15, 0.2) is 18.2 Å². The molecule has 0 bridgehead atoms. The quantitative estimate of drug-likeness (QED) is 0.853. The first-order valence-corrected chi connectivity index (χ1v) is 7.13. The molecule has 17 heavy (non-hydrogen) atoms. The van der Waals surface area contributed by atoms with E-state index < -0.39 is 10.0 Å². The van der Waals surface area contributed by atoms with Crippen LogP contribution >= 0.6 is 0 Å². The highest BCUT2D eigenvalue weighted by atomic mass is 32.2. The van der Waals surface area contributed by atoms with Crippen LogP contribution in [-0.2, 0) is 16.6 Å². The summed E-state index contributed by atoms with van der Waals surface area (Å²) in [5.41, 5.74) is 6.97. The molecule has 0 aliphatic carbocycles. The summed E-state index contributed by atoms with van der Waals surface area (Å²) in [5, 5.41) is 0. The van der Waals surface area contributed by atoms with E-state index in [2.05, 4.69) is 0 Å². The molecule has 0 amide bonds. The molecule has 96 valence electrons. The van der Waals surface area contributed by atoms with Gasteiger partial charge in [0.15, 0.2) is 0 Å². The van der Waals surface area contributed by atoms with Crippen molar-refractivity contribution in [3.8, 4) is 5.75 Å². The second-order valence-corrected chi connectivity index (χ2v) is 5.54. The predicted octanol–water partition coefficient (Wildman–Crippen LogP) is 0.940. The van der Waals surface area contributed by atoms with Gasteiger partial charge in [-0.1, -0.05) is 6.07 Å². The van der Waals surface area contributed by atoms with Gasteiger partial charge in [0.2, 0.25) is 10.0 Å². The van der Waals surface area contributed by atoms with E-state index >= 15 is 0 Å². The van der Waals surface area contributed by atoms with Crippen molar-refractivity contribution in [3.05, 3.63) is 23.8 Å². The van der Waals surface area contributed by atoms with E-state index in [1.165, 1.54) is 17.7 Å². The van der Waals surface area contributed by atoms with Gasteiger partial charge in [-0.2, -0.15) is 0 Å². The van der Waals surface area contributed by atoms with E-state index in [4.69, 9.17) is 10.5 Å². The fourth-order valence-electron chi connectivity index (χ4n) is 1.64. The van der Waals surface area contributed by atoms with Gasteiger partial charge in [0.25, 0.3) is 0 Å². The molecule has 1 aromatic rings. The molecule has 0 spiro atoms. The van der Waals surface area contributed by atoms with E-state index in [0.717, 1.165) is 5.56 Å². The van der Waals surface area contributed by atoms with Crippen LogP contribution in [0.2, 0.25) is 0 Å². The Hall–Kier alpha value is -1.27. The largest absolute Gasteiger partial charge is 0.495 e. The Morgan fingerprint density at radius 1 is 1.41 bits per heavy atom. The molecule has 0 heterocycles. The Morgan fingerprint density at radius 2 is 2.06 bits per heavy atom. The number of benzene rings is 1. The number of anilines is 1. The van der Waals surface area contributed by atoms with Crippen molar-refractivity contribution in [1.82, 2.24) is 0 Å². The lowest BCUT2D eigenvalue weighted by Gasteiger charge is -2.23. The third-order valence-electron chi connectivity index (χ3n) is 2.44. The van der Waals surface area contributed by atoms with Gasteiger partial charge in [-0.25, -0.2) is 8.42 Å². The van der Waals surface area contributed by atoms with Crippen LogP contribution in [0.3, 0.4) is 0 Å². The topological polar surface area (TPSA) is 72.6 Å². The monoisotopic (exact) mass is 258 g/mol. The van der Waals surface area contributed by atoms with Crippen LogP contribution in [0.1, 0.15) is 12.5 Å².